The number of hydrogen-bond donors (Lipinski definition) is 2. The number of carboxylic acids is 1. The van der Waals surface area contributed by atoms with Crippen molar-refractivity contribution in [2.75, 3.05) is 20.2 Å². The molecular formula is C15H16F3N3O4. The molecule has 0 fully saturated rings. The standard InChI is InChI=1S/C15H16F3N3O4/c1-21(11(8-22)13(23)24)7-6-9-2-4-10(5-3-9)12-19-14(25-20-12)15(16,17)18/h2-5,11,22H,6-8H2,1H3,(H,23,24). The molecule has 2 aromatic rings. The van der Waals surface area contributed by atoms with E-state index < -0.39 is 30.7 Å². The molecule has 0 aliphatic rings. The van der Waals surface area contributed by atoms with Crippen molar-refractivity contribution in [3.8, 4) is 11.4 Å². The van der Waals surface area contributed by atoms with Gasteiger partial charge in [-0.1, -0.05) is 29.4 Å². The Bertz CT molecular complexity index is 716. The first-order valence-corrected chi connectivity index (χ1v) is 7.26. The molecule has 1 unspecified atom stereocenters. The summed E-state index contributed by atoms with van der Waals surface area (Å²) < 4.78 is 41.5. The summed E-state index contributed by atoms with van der Waals surface area (Å²) >= 11 is 0. The second kappa shape index (κ2) is 7.62. The van der Waals surface area contributed by atoms with Gasteiger partial charge in [-0.15, -0.1) is 0 Å². The first-order chi connectivity index (χ1) is 11.7. The van der Waals surface area contributed by atoms with E-state index in [0.29, 0.717) is 18.5 Å². The number of aliphatic carboxylic acids is 1. The fourth-order valence-electron chi connectivity index (χ4n) is 2.14. The number of aliphatic hydroxyl groups is 1. The number of carbonyl (C=O) groups is 1. The van der Waals surface area contributed by atoms with Gasteiger partial charge in [-0.3, -0.25) is 9.69 Å². The number of nitrogens with zero attached hydrogens (tertiary/aromatic N) is 3. The summed E-state index contributed by atoms with van der Waals surface area (Å²) in [6.07, 6.45) is -4.19. The Balaban J connectivity index is 2.00. The number of hydrogen-bond acceptors (Lipinski definition) is 6. The maximum Gasteiger partial charge on any atom is 0.471 e. The minimum atomic E-state index is -4.69. The minimum absolute atomic E-state index is 0.165. The van der Waals surface area contributed by atoms with E-state index in [-0.39, 0.29) is 5.82 Å². The van der Waals surface area contributed by atoms with Gasteiger partial charge >= 0.3 is 18.0 Å². The van der Waals surface area contributed by atoms with Gasteiger partial charge in [0, 0.05) is 12.1 Å². The largest absolute Gasteiger partial charge is 0.480 e. The highest BCUT2D eigenvalue weighted by Crippen LogP contribution is 2.29. The van der Waals surface area contributed by atoms with Crippen LogP contribution in [-0.4, -0.2) is 57.5 Å². The third-order valence-corrected chi connectivity index (χ3v) is 3.62. The smallest absolute Gasteiger partial charge is 0.471 e. The fraction of sp³-hybridized carbons (Fsp3) is 0.400. The number of aliphatic hydroxyl groups excluding tert-OH is 1. The van der Waals surface area contributed by atoms with E-state index in [4.69, 9.17) is 10.2 Å². The van der Waals surface area contributed by atoms with Crippen molar-refractivity contribution in [3.63, 3.8) is 0 Å². The molecule has 0 saturated carbocycles. The van der Waals surface area contributed by atoms with E-state index in [1.165, 1.54) is 4.90 Å². The third-order valence-electron chi connectivity index (χ3n) is 3.62. The van der Waals surface area contributed by atoms with E-state index in [1.54, 1.807) is 31.3 Å². The van der Waals surface area contributed by atoms with Gasteiger partial charge < -0.3 is 14.7 Å². The van der Waals surface area contributed by atoms with Crippen LogP contribution in [0.4, 0.5) is 13.2 Å². The van der Waals surface area contributed by atoms with Gasteiger partial charge in [0.25, 0.3) is 0 Å². The number of rotatable bonds is 7. The highest BCUT2D eigenvalue weighted by atomic mass is 19.4. The number of carboxylic acid groups (broad SMARTS) is 1. The summed E-state index contributed by atoms with van der Waals surface area (Å²) in [6.45, 7) is -0.110. The third kappa shape index (κ3) is 4.77. The van der Waals surface area contributed by atoms with Crippen LogP contribution in [0.3, 0.4) is 0 Å². The number of alkyl halides is 3. The molecule has 2 N–H and O–H groups in total. The van der Waals surface area contributed by atoms with Crippen LogP contribution < -0.4 is 0 Å². The number of aromatic nitrogens is 2. The second-order valence-corrected chi connectivity index (χ2v) is 5.39. The van der Waals surface area contributed by atoms with Crippen molar-refractivity contribution in [2.45, 2.75) is 18.6 Å². The highest BCUT2D eigenvalue weighted by Gasteiger charge is 2.38. The Labute approximate surface area is 140 Å². The summed E-state index contributed by atoms with van der Waals surface area (Å²) in [5.41, 5.74) is 1.22. The number of likely N-dealkylation sites (N-methyl/N-ethyl adjacent to an activating group) is 1. The Morgan fingerprint density at radius 1 is 1.32 bits per heavy atom. The van der Waals surface area contributed by atoms with Gasteiger partial charge in [0.2, 0.25) is 5.82 Å². The fourth-order valence-corrected chi connectivity index (χ4v) is 2.14. The maximum atomic E-state index is 12.4. The summed E-state index contributed by atoms with van der Waals surface area (Å²) in [7, 11) is 1.58. The van der Waals surface area contributed by atoms with Crippen molar-refractivity contribution >= 4 is 5.97 Å². The van der Waals surface area contributed by atoms with Gasteiger partial charge in [-0.2, -0.15) is 18.2 Å². The molecule has 0 spiro atoms. The lowest BCUT2D eigenvalue weighted by atomic mass is 10.1. The molecule has 0 aliphatic heterocycles. The van der Waals surface area contributed by atoms with Gasteiger partial charge in [0.15, 0.2) is 0 Å². The van der Waals surface area contributed by atoms with Crippen LogP contribution in [0.5, 0.6) is 0 Å². The van der Waals surface area contributed by atoms with E-state index in [1.807, 2.05) is 0 Å². The van der Waals surface area contributed by atoms with Crippen molar-refractivity contribution in [2.24, 2.45) is 0 Å². The molecule has 0 amide bonds. The Kier molecular flexibility index (Phi) is 5.75. The Morgan fingerprint density at radius 2 is 1.96 bits per heavy atom. The zero-order valence-electron chi connectivity index (χ0n) is 13.2. The van der Waals surface area contributed by atoms with Crippen LogP contribution in [0.1, 0.15) is 11.5 Å². The Morgan fingerprint density at radius 3 is 2.44 bits per heavy atom. The van der Waals surface area contributed by atoms with E-state index in [0.717, 1.165) is 5.56 Å². The van der Waals surface area contributed by atoms with E-state index >= 15 is 0 Å². The van der Waals surface area contributed by atoms with Crippen LogP contribution in [0, 0.1) is 0 Å². The van der Waals surface area contributed by atoms with Gasteiger partial charge in [0.1, 0.15) is 6.04 Å². The summed E-state index contributed by atoms with van der Waals surface area (Å²) in [6, 6.07) is 5.49. The first kappa shape index (κ1) is 18.9. The molecule has 7 nitrogen and oxygen atoms in total. The SMILES string of the molecule is CN(CCc1ccc(-c2noc(C(F)(F)F)n2)cc1)C(CO)C(=O)O. The summed E-state index contributed by atoms with van der Waals surface area (Å²) in [5, 5.41) is 21.3. The zero-order valence-corrected chi connectivity index (χ0v) is 13.2. The van der Waals surface area contributed by atoms with Crippen molar-refractivity contribution in [1.82, 2.24) is 15.0 Å². The van der Waals surface area contributed by atoms with E-state index in [9.17, 15) is 18.0 Å². The van der Waals surface area contributed by atoms with Crippen LogP contribution in [0.15, 0.2) is 28.8 Å². The van der Waals surface area contributed by atoms with Crippen LogP contribution in [-0.2, 0) is 17.4 Å². The van der Waals surface area contributed by atoms with Gasteiger partial charge in [0.05, 0.1) is 6.61 Å². The second-order valence-electron chi connectivity index (χ2n) is 5.39. The molecule has 1 heterocycles. The molecule has 2 rings (SSSR count). The normalized spacial score (nSPS) is 13.2. The first-order valence-electron chi connectivity index (χ1n) is 7.26. The molecular weight excluding hydrogens is 343 g/mol. The van der Waals surface area contributed by atoms with Crippen molar-refractivity contribution < 1.29 is 32.7 Å². The maximum absolute atomic E-state index is 12.4. The van der Waals surface area contributed by atoms with Gasteiger partial charge in [-0.05, 0) is 19.0 Å². The van der Waals surface area contributed by atoms with Crippen LogP contribution >= 0.6 is 0 Å². The summed E-state index contributed by atoms with van der Waals surface area (Å²) in [5.74, 6) is -2.68. The van der Waals surface area contributed by atoms with Crippen molar-refractivity contribution in [1.29, 1.82) is 0 Å². The number of halogens is 3. The predicted octanol–water partition coefficient (Wildman–Crippen LogP) is 1.68. The highest BCUT2D eigenvalue weighted by molar-refractivity contribution is 5.73. The molecule has 0 saturated heterocycles. The molecule has 1 aromatic heterocycles. The summed E-state index contributed by atoms with van der Waals surface area (Å²) in [4.78, 5) is 15.8. The molecule has 1 atom stereocenters. The molecule has 136 valence electrons. The average molecular weight is 359 g/mol. The zero-order chi connectivity index (χ0) is 18.6. The van der Waals surface area contributed by atoms with E-state index in [2.05, 4.69) is 14.7 Å². The van der Waals surface area contributed by atoms with Crippen LogP contribution in [0.2, 0.25) is 0 Å². The lowest BCUT2D eigenvalue weighted by Gasteiger charge is -2.22. The molecule has 0 radical (unpaired) electrons. The van der Waals surface area contributed by atoms with Gasteiger partial charge in [-0.25, -0.2) is 0 Å². The van der Waals surface area contributed by atoms with Crippen LogP contribution in [0.25, 0.3) is 11.4 Å². The van der Waals surface area contributed by atoms with Crippen molar-refractivity contribution in [3.05, 3.63) is 35.7 Å². The lowest BCUT2D eigenvalue weighted by Crippen LogP contribution is -2.42. The molecule has 0 aliphatic carbocycles. The average Bonchev–Trinajstić information content (AvgIpc) is 3.04. The number of benzene rings is 1. The Hall–Kier alpha value is -2.46. The molecule has 0 bridgehead atoms. The predicted molar refractivity (Wildman–Crippen MR) is 79.6 cm³/mol. The lowest BCUT2D eigenvalue weighted by molar-refractivity contribution is -0.159. The monoisotopic (exact) mass is 359 g/mol. The molecule has 1 aromatic carbocycles. The molecule has 10 heteroatoms. The molecule has 25 heavy (non-hydrogen) atoms. The topological polar surface area (TPSA) is 99.7 Å². The minimum Gasteiger partial charge on any atom is -0.480 e. The quantitative estimate of drug-likeness (QED) is 0.776.